The number of ether oxygens (including phenoxy) is 1. The number of carbonyl (C=O) groups is 2. The second kappa shape index (κ2) is 6.89. The number of hydrogen-bond acceptors (Lipinski definition) is 3. The van der Waals surface area contributed by atoms with Gasteiger partial charge in [-0.3, -0.25) is 4.79 Å². The fraction of sp³-hybridized carbons (Fsp3) is 0.714. The van der Waals surface area contributed by atoms with Crippen LogP contribution in [0, 0.1) is 0 Å². The van der Waals surface area contributed by atoms with Gasteiger partial charge < -0.3 is 9.84 Å². The minimum Gasteiger partial charge on any atom is -0.481 e. The Morgan fingerprint density at radius 1 is 1.21 bits per heavy atom. The van der Waals surface area contributed by atoms with Gasteiger partial charge in [0.1, 0.15) is 6.10 Å². The maximum absolute atomic E-state index is 12.1. The summed E-state index contributed by atoms with van der Waals surface area (Å²) in [5, 5.41) is 8.90. The van der Waals surface area contributed by atoms with Gasteiger partial charge in [0.2, 0.25) is 0 Å². The van der Waals surface area contributed by atoms with E-state index in [1.807, 2.05) is 5.70 Å². The highest BCUT2D eigenvalue weighted by molar-refractivity contribution is 6.81. The van der Waals surface area contributed by atoms with Crippen molar-refractivity contribution in [2.45, 2.75) is 64.3 Å². The molecule has 108 valence electrons. The molecule has 0 aromatic carbocycles. The van der Waals surface area contributed by atoms with Gasteiger partial charge >= 0.3 is 11.9 Å². The third-order valence-electron chi connectivity index (χ3n) is 3.04. The van der Waals surface area contributed by atoms with E-state index in [-0.39, 0.29) is 12.5 Å². The van der Waals surface area contributed by atoms with Crippen LogP contribution in [0.25, 0.3) is 0 Å². The van der Waals surface area contributed by atoms with Crippen LogP contribution in [0.2, 0.25) is 19.6 Å². The van der Waals surface area contributed by atoms with Gasteiger partial charge in [0.15, 0.2) is 0 Å². The molecular weight excluding hydrogens is 260 g/mol. The molecule has 1 rings (SSSR count). The van der Waals surface area contributed by atoms with Crippen LogP contribution < -0.4 is 0 Å². The molecule has 1 saturated carbocycles. The summed E-state index contributed by atoms with van der Waals surface area (Å²) in [7, 11) is -1.64. The van der Waals surface area contributed by atoms with E-state index in [4.69, 9.17) is 9.84 Å². The van der Waals surface area contributed by atoms with E-state index in [9.17, 15) is 9.59 Å². The SMILES string of the molecule is C[Si](C)(C)C=C(CC(=O)O)C(=O)OC1CCCCC1. The van der Waals surface area contributed by atoms with Gasteiger partial charge in [-0.1, -0.05) is 31.8 Å². The molecule has 4 nitrogen and oxygen atoms in total. The molecule has 0 heterocycles. The molecule has 19 heavy (non-hydrogen) atoms. The van der Waals surface area contributed by atoms with Crippen molar-refractivity contribution in [2.75, 3.05) is 0 Å². The summed E-state index contributed by atoms with van der Waals surface area (Å²) < 4.78 is 5.45. The minimum atomic E-state index is -1.64. The van der Waals surface area contributed by atoms with Gasteiger partial charge in [-0.25, -0.2) is 4.79 Å². The molecule has 0 aromatic heterocycles. The van der Waals surface area contributed by atoms with Crippen molar-refractivity contribution in [3.63, 3.8) is 0 Å². The number of rotatable bonds is 5. The molecule has 0 saturated heterocycles. The average Bonchev–Trinajstić information content (AvgIpc) is 2.27. The largest absolute Gasteiger partial charge is 0.481 e. The monoisotopic (exact) mass is 284 g/mol. The highest BCUT2D eigenvalue weighted by Gasteiger charge is 2.23. The van der Waals surface area contributed by atoms with Gasteiger partial charge in [0.05, 0.1) is 14.5 Å². The predicted octanol–water partition coefficient (Wildman–Crippen LogP) is 3.14. The number of aliphatic carboxylic acids is 1. The number of esters is 1. The highest BCUT2D eigenvalue weighted by Crippen LogP contribution is 2.22. The van der Waals surface area contributed by atoms with Crippen LogP contribution in [0.15, 0.2) is 11.3 Å². The fourth-order valence-electron chi connectivity index (χ4n) is 2.28. The molecule has 0 aromatic rings. The standard InChI is InChI=1S/C14H24O4Si/c1-19(2,3)10-11(9-13(15)16)14(17)18-12-7-5-4-6-8-12/h10,12H,4-9H2,1-3H3,(H,15,16). The lowest BCUT2D eigenvalue weighted by Crippen LogP contribution is -2.25. The molecule has 1 N–H and O–H groups in total. The van der Waals surface area contributed by atoms with Crippen LogP contribution >= 0.6 is 0 Å². The van der Waals surface area contributed by atoms with Crippen molar-refractivity contribution in [2.24, 2.45) is 0 Å². The van der Waals surface area contributed by atoms with Gasteiger partial charge in [-0.15, -0.1) is 0 Å². The lowest BCUT2D eigenvalue weighted by atomic mass is 9.98. The molecule has 0 amide bonds. The van der Waals surface area contributed by atoms with E-state index in [0.29, 0.717) is 5.57 Å². The van der Waals surface area contributed by atoms with Crippen molar-refractivity contribution in [3.8, 4) is 0 Å². The molecule has 0 bridgehead atoms. The first-order valence-corrected chi connectivity index (χ1v) is 10.5. The third kappa shape index (κ3) is 6.57. The zero-order valence-corrected chi connectivity index (χ0v) is 13.1. The van der Waals surface area contributed by atoms with Crippen molar-refractivity contribution in [1.82, 2.24) is 0 Å². The van der Waals surface area contributed by atoms with E-state index < -0.39 is 20.0 Å². The summed E-state index contributed by atoms with van der Waals surface area (Å²) in [4.78, 5) is 23.0. The normalized spacial score (nSPS) is 18.2. The van der Waals surface area contributed by atoms with Crippen molar-refractivity contribution < 1.29 is 19.4 Å². The zero-order valence-electron chi connectivity index (χ0n) is 12.1. The van der Waals surface area contributed by atoms with E-state index >= 15 is 0 Å². The Balaban J connectivity index is 2.70. The van der Waals surface area contributed by atoms with E-state index in [0.717, 1.165) is 25.7 Å². The van der Waals surface area contributed by atoms with Gasteiger partial charge in [0.25, 0.3) is 0 Å². The molecule has 1 aliphatic rings. The first-order valence-electron chi connectivity index (χ1n) is 6.92. The summed E-state index contributed by atoms with van der Waals surface area (Å²) in [5.74, 6) is -1.41. The third-order valence-corrected chi connectivity index (χ3v) is 4.25. The van der Waals surface area contributed by atoms with Crippen LogP contribution in [-0.4, -0.2) is 31.2 Å². The second-order valence-corrected chi connectivity index (χ2v) is 11.3. The minimum absolute atomic E-state index is 0.0277. The Morgan fingerprint density at radius 3 is 2.26 bits per heavy atom. The quantitative estimate of drug-likeness (QED) is 0.478. The number of carboxylic acid groups (broad SMARTS) is 1. The average molecular weight is 284 g/mol. The maximum atomic E-state index is 12.1. The van der Waals surface area contributed by atoms with Crippen LogP contribution in [0.1, 0.15) is 38.5 Å². The van der Waals surface area contributed by atoms with Crippen molar-refractivity contribution in [1.29, 1.82) is 0 Å². The summed E-state index contributed by atoms with van der Waals surface area (Å²) in [5.41, 5.74) is 2.16. The van der Waals surface area contributed by atoms with Crippen LogP contribution in [0.3, 0.4) is 0 Å². The van der Waals surface area contributed by atoms with Crippen molar-refractivity contribution >= 4 is 20.0 Å². The highest BCUT2D eigenvalue weighted by atomic mass is 28.3. The first kappa shape index (κ1) is 16.0. The number of hydrogen-bond donors (Lipinski definition) is 1. The Labute approximate surface area is 115 Å². The van der Waals surface area contributed by atoms with E-state index in [1.54, 1.807) is 0 Å². The van der Waals surface area contributed by atoms with Gasteiger partial charge in [0, 0.05) is 5.57 Å². The van der Waals surface area contributed by atoms with Gasteiger partial charge in [-0.05, 0) is 25.7 Å². The second-order valence-electron chi connectivity index (χ2n) is 6.27. The van der Waals surface area contributed by atoms with Crippen LogP contribution in [0.5, 0.6) is 0 Å². The van der Waals surface area contributed by atoms with Crippen LogP contribution in [0.4, 0.5) is 0 Å². The Hall–Kier alpha value is -1.10. The Kier molecular flexibility index (Phi) is 5.78. The molecule has 0 atom stereocenters. The summed E-state index contributed by atoms with van der Waals surface area (Å²) in [6.45, 7) is 6.22. The lowest BCUT2D eigenvalue weighted by Gasteiger charge is -2.23. The zero-order chi connectivity index (χ0) is 14.5. The fourth-order valence-corrected chi connectivity index (χ4v) is 3.54. The van der Waals surface area contributed by atoms with Crippen molar-refractivity contribution in [3.05, 3.63) is 11.3 Å². The lowest BCUT2D eigenvalue weighted by molar-refractivity contribution is -0.148. The Bertz CT molecular complexity index is 362. The maximum Gasteiger partial charge on any atom is 0.334 e. The van der Waals surface area contributed by atoms with E-state index in [1.165, 1.54) is 6.42 Å². The summed E-state index contributed by atoms with van der Waals surface area (Å²) >= 11 is 0. The number of carbonyl (C=O) groups excluding carboxylic acids is 1. The molecule has 0 aliphatic heterocycles. The molecule has 5 heteroatoms. The molecular formula is C14H24O4Si. The molecule has 1 aliphatic carbocycles. The first-order chi connectivity index (χ1) is 8.78. The molecule has 0 unspecified atom stereocenters. The Morgan fingerprint density at radius 2 is 1.79 bits per heavy atom. The summed E-state index contributed by atoms with van der Waals surface area (Å²) in [6, 6.07) is 0. The summed E-state index contributed by atoms with van der Waals surface area (Å²) in [6.07, 6.45) is 4.91. The predicted molar refractivity (Wildman–Crippen MR) is 76.6 cm³/mol. The van der Waals surface area contributed by atoms with Gasteiger partial charge in [-0.2, -0.15) is 0 Å². The molecule has 1 fully saturated rings. The smallest absolute Gasteiger partial charge is 0.334 e. The molecule has 0 spiro atoms. The topological polar surface area (TPSA) is 63.6 Å². The van der Waals surface area contributed by atoms with Crippen LogP contribution in [-0.2, 0) is 14.3 Å². The van der Waals surface area contributed by atoms with E-state index in [2.05, 4.69) is 19.6 Å². The molecule has 0 radical (unpaired) electrons. The number of carboxylic acids is 1.